The van der Waals surface area contributed by atoms with E-state index in [1.54, 1.807) is 36.4 Å². The fourth-order valence-electron chi connectivity index (χ4n) is 1.95. The van der Waals surface area contributed by atoms with Gasteiger partial charge in [0.1, 0.15) is 0 Å². The highest BCUT2D eigenvalue weighted by molar-refractivity contribution is 5.96. The lowest BCUT2D eigenvalue weighted by molar-refractivity contribution is -0.118. The van der Waals surface area contributed by atoms with Gasteiger partial charge >= 0.3 is 0 Å². The third kappa shape index (κ3) is 5.08. The van der Waals surface area contributed by atoms with Crippen LogP contribution in [0.4, 0.5) is 10.1 Å². The van der Waals surface area contributed by atoms with Crippen molar-refractivity contribution in [2.45, 2.75) is 13.3 Å². The molecule has 2 aromatic carbocycles. The van der Waals surface area contributed by atoms with E-state index in [9.17, 15) is 14.0 Å². The number of nitrogens with one attached hydrogen (secondary N) is 2. The van der Waals surface area contributed by atoms with Crippen molar-refractivity contribution in [3.63, 3.8) is 0 Å². The molecule has 0 spiro atoms. The first kappa shape index (κ1) is 17.5. The van der Waals surface area contributed by atoms with E-state index in [0.29, 0.717) is 17.8 Å². The molecule has 0 bridgehead atoms. The number of carbonyl (C=O) groups is 2. The van der Waals surface area contributed by atoms with Gasteiger partial charge in [-0.25, -0.2) is 4.39 Å². The second-order valence-corrected chi connectivity index (χ2v) is 5.10. The van der Waals surface area contributed by atoms with Crippen LogP contribution in [-0.4, -0.2) is 25.0 Å². The SMILES string of the molecule is CCCNC(=O)c1ccc(NC(=O)COc2ccccc2F)cc1. The van der Waals surface area contributed by atoms with E-state index >= 15 is 0 Å². The first-order valence-corrected chi connectivity index (χ1v) is 7.65. The number of halogens is 1. The molecule has 5 nitrogen and oxygen atoms in total. The van der Waals surface area contributed by atoms with E-state index in [1.807, 2.05) is 6.92 Å². The van der Waals surface area contributed by atoms with Gasteiger partial charge in [-0.2, -0.15) is 0 Å². The van der Waals surface area contributed by atoms with E-state index in [0.717, 1.165) is 6.42 Å². The van der Waals surface area contributed by atoms with E-state index in [1.165, 1.54) is 12.1 Å². The van der Waals surface area contributed by atoms with Crippen molar-refractivity contribution >= 4 is 17.5 Å². The number of para-hydroxylation sites is 1. The second-order valence-electron chi connectivity index (χ2n) is 5.10. The minimum Gasteiger partial charge on any atom is -0.481 e. The number of ether oxygens (including phenoxy) is 1. The van der Waals surface area contributed by atoms with Gasteiger partial charge in [-0.3, -0.25) is 9.59 Å². The zero-order valence-electron chi connectivity index (χ0n) is 13.3. The van der Waals surface area contributed by atoms with Crippen molar-refractivity contribution in [3.05, 3.63) is 59.9 Å². The molecule has 0 heterocycles. The molecule has 0 aliphatic heterocycles. The molecule has 2 amide bonds. The fourth-order valence-corrected chi connectivity index (χ4v) is 1.95. The van der Waals surface area contributed by atoms with Gasteiger partial charge < -0.3 is 15.4 Å². The molecule has 126 valence electrons. The fraction of sp³-hybridized carbons (Fsp3) is 0.222. The van der Waals surface area contributed by atoms with Crippen LogP contribution in [0, 0.1) is 5.82 Å². The Hall–Kier alpha value is -2.89. The summed E-state index contributed by atoms with van der Waals surface area (Å²) in [6.07, 6.45) is 0.863. The number of anilines is 1. The summed E-state index contributed by atoms with van der Waals surface area (Å²) in [7, 11) is 0. The first-order valence-electron chi connectivity index (χ1n) is 7.65. The summed E-state index contributed by atoms with van der Waals surface area (Å²) in [4.78, 5) is 23.6. The summed E-state index contributed by atoms with van der Waals surface area (Å²) in [6, 6.07) is 12.4. The van der Waals surface area contributed by atoms with Gasteiger partial charge in [-0.1, -0.05) is 19.1 Å². The molecule has 2 rings (SSSR count). The van der Waals surface area contributed by atoms with Crippen LogP contribution in [0.5, 0.6) is 5.75 Å². The third-order valence-electron chi connectivity index (χ3n) is 3.16. The topological polar surface area (TPSA) is 67.4 Å². The molecule has 0 saturated carbocycles. The minimum absolute atomic E-state index is 0.0237. The number of hydrogen-bond donors (Lipinski definition) is 2. The molecule has 24 heavy (non-hydrogen) atoms. The van der Waals surface area contributed by atoms with Crippen LogP contribution in [0.2, 0.25) is 0 Å². The molecular weight excluding hydrogens is 311 g/mol. The van der Waals surface area contributed by atoms with E-state index in [4.69, 9.17) is 4.74 Å². The summed E-state index contributed by atoms with van der Waals surface area (Å²) in [5, 5.41) is 5.39. The second kappa shape index (κ2) is 8.67. The predicted octanol–water partition coefficient (Wildman–Crippen LogP) is 2.98. The summed E-state index contributed by atoms with van der Waals surface area (Å²) in [5.41, 5.74) is 1.05. The highest BCUT2D eigenvalue weighted by Gasteiger charge is 2.08. The lowest BCUT2D eigenvalue weighted by Gasteiger charge is -2.09. The van der Waals surface area contributed by atoms with Gasteiger partial charge in [0.2, 0.25) is 0 Å². The molecule has 0 atom stereocenters. The summed E-state index contributed by atoms with van der Waals surface area (Å²) in [6.45, 7) is 2.28. The maximum absolute atomic E-state index is 13.4. The molecular formula is C18H19FN2O3. The van der Waals surface area contributed by atoms with Crippen molar-refractivity contribution in [2.24, 2.45) is 0 Å². The first-order chi connectivity index (χ1) is 11.6. The highest BCUT2D eigenvalue weighted by Crippen LogP contribution is 2.15. The van der Waals surface area contributed by atoms with Crippen molar-refractivity contribution in [2.75, 3.05) is 18.5 Å². The molecule has 0 radical (unpaired) electrons. The number of carbonyl (C=O) groups excluding carboxylic acids is 2. The highest BCUT2D eigenvalue weighted by atomic mass is 19.1. The van der Waals surface area contributed by atoms with Crippen molar-refractivity contribution in [1.82, 2.24) is 5.32 Å². The van der Waals surface area contributed by atoms with Gasteiger partial charge in [0.05, 0.1) is 0 Å². The van der Waals surface area contributed by atoms with Crippen LogP contribution in [0.25, 0.3) is 0 Å². The Morgan fingerprint density at radius 2 is 1.79 bits per heavy atom. The van der Waals surface area contributed by atoms with Gasteiger partial charge in [0, 0.05) is 17.8 Å². The van der Waals surface area contributed by atoms with E-state index < -0.39 is 11.7 Å². The van der Waals surface area contributed by atoms with Gasteiger partial charge in [-0.05, 0) is 42.8 Å². The summed E-state index contributed by atoms with van der Waals surface area (Å²) >= 11 is 0. The Morgan fingerprint density at radius 3 is 2.46 bits per heavy atom. The monoisotopic (exact) mass is 330 g/mol. The number of amides is 2. The Bertz CT molecular complexity index is 702. The molecule has 0 aliphatic carbocycles. The maximum Gasteiger partial charge on any atom is 0.262 e. The Labute approximate surface area is 139 Å². The molecule has 2 aromatic rings. The smallest absolute Gasteiger partial charge is 0.262 e. The van der Waals surface area contributed by atoms with Crippen molar-refractivity contribution in [3.8, 4) is 5.75 Å². The molecule has 6 heteroatoms. The van der Waals surface area contributed by atoms with Crippen molar-refractivity contribution in [1.29, 1.82) is 0 Å². The predicted molar refractivity (Wildman–Crippen MR) is 89.6 cm³/mol. The molecule has 0 unspecified atom stereocenters. The normalized spacial score (nSPS) is 10.1. The summed E-state index contributed by atoms with van der Waals surface area (Å²) < 4.78 is 18.5. The number of rotatable bonds is 7. The third-order valence-corrected chi connectivity index (χ3v) is 3.16. The van der Waals surface area contributed by atoms with Crippen LogP contribution in [0.15, 0.2) is 48.5 Å². The van der Waals surface area contributed by atoms with Crippen molar-refractivity contribution < 1.29 is 18.7 Å². The quantitative estimate of drug-likeness (QED) is 0.820. The zero-order valence-corrected chi connectivity index (χ0v) is 13.3. The van der Waals surface area contributed by atoms with Crippen LogP contribution >= 0.6 is 0 Å². The molecule has 0 saturated heterocycles. The lowest BCUT2D eigenvalue weighted by atomic mass is 10.2. The average molecular weight is 330 g/mol. The average Bonchev–Trinajstić information content (AvgIpc) is 2.59. The minimum atomic E-state index is -0.521. The zero-order chi connectivity index (χ0) is 17.4. The molecule has 0 aliphatic rings. The Morgan fingerprint density at radius 1 is 1.08 bits per heavy atom. The van der Waals surface area contributed by atoms with Crippen LogP contribution < -0.4 is 15.4 Å². The molecule has 0 fully saturated rings. The van der Waals surface area contributed by atoms with E-state index in [-0.39, 0.29) is 18.3 Å². The summed E-state index contributed by atoms with van der Waals surface area (Å²) in [5.74, 6) is -1.07. The lowest BCUT2D eigenvalue weighted by Crippen LogP contribution is -2.24. The Kier molecular flexibility index (Phi) is 6.31. The number of benzene rings is 2. The largest absolute Gasteiger partial charge is 0.481 e. The van der Waals surface area contributed by atoms with Gasteiger partial charge in [0.15, 0.2) is 18.2 Å². The van der Waals surface area contributed by atoms with Crippen LogP contribution in [0.3, 0.4) is 0 Å². The van der Waals surface area contributed by atoms with Crippen LogP contribution in [0.1, 0.15) is 23.7 Å². The standard InChI is InChI=1S/C18H19FN2O3/c1-2-11-20-18(23)13-7-9-14(10-8-13)21-17(22)12-24-16-6-4-3-5-15(16)19/h3-10H,2,11-12H2,1H3,(H,20,23)(H,21,22). The molecule has 0 aromatic heterocycles. The maximum atomic E-state index is 13.4. The van der Waals surface area contributed by atoms with Gasteiger partial charge in [0.25, 0.3) is 11.8 Å². The van der Waals surface area contributed by atoms with E-state index in [2.05, 4.69) is 10.6 Å². The molecule has 2 N–H and O–H groups in total. The van der Waals surface area contributed by atoms with Gasteiger partial charge in [-0.15, -0.1) is 0 Å². The van der Waals surface area contributed by atoms with Crippen LogP contribution in [-0.2, 0) is 4.79 Å². The Balaban J connectivity index is 1.85. The number of hydrogen-bond acceptors (Lipinski definition) is 3.